The summed E-state index contributed by atoms with van der Waals surface area (Å²) >= 11 is 0. The van der Waals surface area contributed by atoms with Crippen molar-refractivity contribution in [2.75, 3.05) is 5.32 Å². The first-order valence-electron chi connectivity index (χ1n) is 10.2. The number of hydrogen-bond donors (Lipinski definition) is 2. The van der Waals surface area contributed by atoms with Crippen molar-refractivity contribution in [2.45, 2.75) is 38.8 Å². The van der Waals surface area contributed by atoms with Gasteiger partial charge in [0, 0.05) is 24.5 Å². The molecule has 2 N–H and O–H groups in total. The fraction of sp³-hybridized carbons (Fsp3) is 0.240. The van der Waals surface area contributed by atoms with Crippen LogP contribution in [0.4, 0.5) is 14.9 Å². The predicted octanol–water partition coefficient (Wildman–Crippen LogP) is 4.96. The minimum atomic E-state index is -0.952. The lowest BCUT2D eigenvalue weighted by atomic mass is 10.0. The van der Waals surface area contributed by atoms with E-state index in [2.05, 4.69) is 15.6 Å². The Balaban J connectivity index is 1.74. The zero-order valence-electron chi connectivity index (χ0n) is 18.3. The van der Waals surface area contributed by atoms with Crippen molar-refractivity contribution in [3.8, 4) is 11.1 Å². The van der Waals surface area contributed by atoms with Crippen LogP contribution in [0.25, 0.3) is 11.1 Å². The number of carbonyl (C=O) groups is 2. The molecule has 0 bridgehead atoms. The summed E-state index contributed by atoms with van der Waals surface area (Å²) in [6.45, 7) is 5.20. The van der Waals surface area contributed by atoms with E-state index in [1.807, 2.05) is 24.3 Å². The van der Waals surface area contributed by atoms with E-state index in [-0.39, 0.29) is 6.42 Å². The van der Waals surface area contributed by atoms with Gasteiger partial charge in [0.25, 0.3) is 0 Å². The Labute approximate surface area is 186 Å². The Hall–Kier alpha value is -3.74. The number of ether oxygens (including phenoxy) is 1. The summed E-state index contributed by atoms with van der Waals surface area (Å²) < 4.78 is 18.9. The normalized spacial score (nSPS) is 12.0. The summed E-state index contributed by atoms with van der Waals surface area (Å²) in [7, 11) is 0. The van der Waals surface area contributed by atoms with Gasteiger partial charge in [-0.05, 0) is 73.9 Å². The number of nitrogens with one attached hydrogen (secondary N) is 2. The van der Waals surface area contributed by atoms with Crippen LogP contribution in [0.15, 0.2) is 73.1 Å². The molecular weight excluding hydrogens is 409 g/mol. The second-order valence-corrected chi connectivity index (χ2v) is 8.34. The molecule has 3 aromatic rings. The van der Waals surface area contributed by atoms with Gasteiger partial charge >= 0.3 is 6.09 Å². The second kappa shape index (κ2) is 10.0. The highest BCUT2D eigenvalue weighted by Crippen LogP contribution is 2.21. The van der Waals surface area contributed by atoms with Crippen LogP contribution in [0, 0.1) is 5.82 Å². The standard InChI is InChI=1S/C25H26FN3O3/c1-25(2,3)32-24(31)29-22(16-17-5-4-6-20(26)15-17)23(30)28-21-9-7-18(8-10-21)19-11-13-27-14-12-19/h4-15,22H,16H2,1-3H3,(H,28,30)(H,29,31)/t22-/m1/s1. The van der Waals surface area contributed by atoms with Crippen LogP contribution in [-0.4, -0.2) is 28.6 Å². The highest BCUT2D eigenvalue weighted by molar-refractivity contribution is 5.97. The van der Waals surface area contributed by atoms with Gasteiger partial charge in [0.15, 0.2) is 0 Å². The summed E-state index contributed by atoms with van der Waals surface area (Å²) in [5.41, 5.74) is 2.42. The molecule has 0 aliphatic heterocycles. The van der Waals surface area contributed by atoms with E-state index in [0.29, 0.717) is 11.3 Å². The topological polar surface area (TPSA) is 80.3 Å². The van der Waals surface area contributed by atoms with Crippen LogP contribution < -0.4 is 10.6 Å². The van der Waals surface area contributed by atoms with Crippen LogP contribution in [-0.2, 0) is 16.0 Å². The van der Waals surface area contributed by atoms with Crippen LogP contribution in [0.1, 0.15) is 26.3 Å². The van der Waals surface area contributed by atoms with Crippen molar-refractivity contribution in [3.05, 3.63) is 84.4 Å². The maximum Gasteiger partial charge on any atom is 0.408 e. The predicted molar refractivity (Wildman–Crippen MR) is 122 cm³/mol. The molecule has 7 heteroatoms. The number of rotatable bonds is 6. The third-order valence-corrected chi connectivity index (χ3v) is 4.50. The average Bonchev–Trinajstić information content (AvgIpc) is 2.73. The number of halogens is 1. The van der Waals surface area contributed by atoms with E-state index in [1.54, 1.807) is 57.4 Å². The number of alkyl carbamates (subject to hydrolysis) is 1. The number of anilines is 1. The lowest BCUT2D eigenvalue weighted by molar-refractivity contribution is -0.118. The lowest BCUT2D eigenvalue weighted by Crippen LogP contribution is -2.47. The molecule has 0 fully saturated rings. The highest BCUT2D eigenvalue weighted by Gasteiger charge is 2.25. The van der Waals surface area contributed by atoms with E-state index in [0.717, 1.165) is 11.1 Å². The van der Waals surface area contributed by atoms with Crippen molar-refractivity contribution in [3.63, 3.8) is 0 Å². The summed E-state index contributed by atoms with van der Waals surface area (Å²) in [6.07, 6.45) is 2.81. The van der Waals surface area contributed by atoms with Crippen molar-refractivity contribution in [1.82, 2.24) is 10.3 Å². The van der Waals surface area contributed by atoms with Gasteiger partial charge in [0.05, 0.1) is 0 Å². The number of benzene rings is 2. The Morgan fingerprint density at radius 3 is 2.28 bits per heavy atom. The van der Waals surface area contributed by atoms with Crippen molar-refractivity contribution < 1.29 is 18.7 Å². The molecule has 32 heavy (non-hydrogen) atoms. The fourth-order valence-electron chi connectivity index (χ4n) is 3.08. The minimum Gasteiger partial charge on any atom is -0.444 e. The molecule has 2 amide bonds. The first-order valence-corrected chi connectivity index (χ1v) is 10.2. The quantitative estimate of drug-likeness (QED) is 0.573. The molecule has 1 atom stereocenters. The third-order valence-electron chi connectivity index (χ3n) is 4.50. The number of hydrogen-bond acceptors (Lipinski definition) is 4. The van der Waals surface area contributed by atoms with Crippen molar-refractivity contribution in [1.29, 1.82) is 0 Å². The van der Waals surface area contributed by atoms with Gasteiger partial charge < -0.3 is 15.4 Å². The van der Waals surface area contributed by atoms with Gasteiger partial charge in [-0.1, -0.05) is 24.3 Å². The van der Waals surface area contributed by atoms with Crippen LogP contribution in [0.3, 0.4) is 0 Å². The van der Waals surface area contributed by atoms with Gasteiger partial charge in [0.1, 0.15) is 17.5 Å². The van der Waals surface area contributed by atoms with Gasteiger partial charge in [0.2, 0.25) is 5.91 Å². The molecule has 166 valence electrons. The maximum atomic E-state index is 13.6. The zero-order valence-corrected chi connectivity index (χ0v) is 18.3. The van der Waals surface area contributed by atoms with Gasteiger partial charge in [-0.15, -0.1) is 0 Å². The lowest BCUT2D eigenvalue weighted by Gasteiger charge is -2.23. The fourth-order valence-corrected chi connectivity index (χ4v) is 3.08. The van der Waals surface area contributed by atoms with Gasteiger partial charge in [-0.3, -0.25) is 9.78 Å². The number of aromatic nitrogens is 1. The van der Waals surface area contributed by atoms with Crippen molar-refractivity contribution >= 4 is 17.7 Å². The first-order chi connectivity index (χ1) is 15.2. The SMILES string of the molecule is CC(C)(C)OC(=O)N[C@H](Cc1cccc(F)c1)C(=O)Nc1ccc(-c2ccncc2)cc1. The van der Waals surface area contributed by atoms with E-state index in [1.165, 1.54) is 12.1 Å². The van der Waals surface area contributed by atoms with E-state index in [9.17, 15) is 14.0 Å². The van der Waals surface area contributed by atoms with Gasteiger partial charge in [-0.25, -0.2) is 9.18 Å². The highest BCUT2D eigenvalue weighted by atomic mass is 19.1. The monoisotopic (exact) mass is 435 g/mol. The largest absolute Gasteiger partial charge is 0.444 e. The van der Waals surface area contributed by atoms with Gasteiger partial charge in [-0.2, -0.15) is 0 Å². The molecule has 0 saturated heterocycles. The Kier molecular flexibility index (Phi) is 7.20. The maximum absolute atomic E-state index is 13.6. The van der Waals surface area contributed by atoms with E-state index < -0.39 is 29.5 Å². The first kappa shape index (κ1) is 22.9. The second-order valence-electron chi connectivity index (χ2n) is 8.34. The molecular formula is C25H26FN3O3. The molecule has 1 heterocycles. The molecule has 6 nitrogen and oxygen atoms in total. The van der Waals surface area contributed by atoms with Crippen LogP contribution >= 0.6 is 0 Å². The molecule has 2 aromatic carbocycles. The minimum absolute atomic E-state index is 0.109. The molecule has 1 aromatic heterocycles. The molecule has 0 radical (unpaired) electrons. The Bertz CT molecular complexity index is 1060. The summed E-state index contributed by atoms with van der Waals surface area (Å²) in [5, 5.41) is 5.40. The number of amides is 2. The van der Waals surface area contributed by atoms with E-state index >= 15 is 0 Å². The molecule has 0 unspecified atom stereocenters. The average molecular weight is 435 g/mol. The number of carbonyl (C=O) groups excluding carboxylic acids is 2. The summed E-state index contributed by atoms with van der Waals surface area (Å²) in [6, 6.07) is 16.1. The van der Waals surface area contributed by atoms with E-state index in [4.69, 9.17) is 4.74 Å². The Morgan fingerprint density at radius 2 is 1.66 bits per heavy atom. The summed E-state index contributed by atoms with van der Waals surface area (Å²) in [4.78, 5) is 29.3. The zero-order chi connectivity index (χ0) is 23.1. The number of nitrogens with zero attached hydrogens (tertiary/aromatic N) is 1. The molecule has 0 saturated carbocycles. The van der Waals surface area contributed by atoms with Crippen LogP contribution in [0.2, 0.25) is 0 Å². The third kappa shape index (κ3) is 6.91. The van der Waals surface area contributed by atoms with Crippen molar-refractivity contribution in [2.24, 2.45) is 0 Å². The van der Waals surface area contributed by atoms with Crippen LogP contribution in [0.5, 0.6) is 0 Å². The molecule has 3 rings (SSSR count). The number of pyridine rings is 1. The Morgan fingerprint density at radius 1 is 1.00 bits per heavy atom. The molecule has 0 aliphatic rings. The smallest absolute Gasteiger partial charge is 0.408 e. The molecule has 0 aliphatic carbocycles. The summed E-state index contributed by atoms with van der Waals surface area (Å²) in [5.74, 6) is -0.845. The molecule has 0 spiro atoms.